The number of anilines is 2. The Morgan fingerprint density at radius 2 is 1.74 bits per heavy atom. The molecule has 1 aromatic carbocycles. The van der Waals surface area contributed by atoms with Crippen molar-refractivity contribution >= 4 is 63.2 Å². The number of nitrogen functional groups attached to an aromatic ring is 2. The molecule has 6 aromatic rings. The van der Waals surface area contributed by atoms with E-state index in [1.807, 2.05) is 16.7 Å². The molecule has 0 amide bonds. The Bertz CT molecular complexity index is 2220. The standard InChI is InChI=1S/C20H20N4O3S.C10H14N5O6P/c21-19-18-14(16-7-12-3-1-2-4-15(12)28-16)8-24(20(18)23-10-22-19)17-6-5-13(27-17)9-26-11-25;11-10-13-8-7(9(16)14-10)12-4-15(8)6-2-1-5(21-6)3-20-22(17,18)19/h1-4,7-8,10,13,17,25H,5-6,9,11H2,(H2,21,22,23);4-6H,1-3H2,(H2,17,18,19)(H3,11,13,14,16). The number of aromatic amines is 1. The van der Waals surface area contributed by atoms with Crippen LogP contribution in [0.1, 0.15) is 38.1 Å². The summed E-state index contributed by atoms with van der Waals surface area (Å²) in [4.78, 5) is 49.3. The average molecular weight is 728 g/mol. The summed E-state index contributed by atoms with van der Waals surface area (Å²) in [6, 6.07) is 10.5. The number of aliphatic hydroxyl groups is 1. The zero-order valence-corrected chi connectivity index (χ0v) is 28.1. The molecule has 4 atom stereocenters. The number of thiophene rings is 1. The first-order valence-corrected chi connectivity index (χ1v) is 17.9. The third-order valence-corrected chi connectivity index (χ3v) is 10.0. The van der Waals surface area contributed by atoms with Gasteiger partial charge >= 0.3 is 7.82 Å². The molecule has 8 N–H and O–H groups in total. The first-order chi connectivity index (χ1) is 24.1. The van der Waals surface area contributed by atoms with Gasteiger partial charge in [0.05, 0.1) is 37.1 Å². The number of ether oxygens (including phenoxy) is 3. The summed E-state index contributed by atoms with van der Waals surface area (Å²) >= 11 is 1.73. The van der Waals surface area contributed by atoms with Crippen LogP contribution in [0.3, 0.4) is 0 Å². The smallest absolute Gasteiger partial charge is 0.383 e. The molecule has 50 heavy (non-hydrogen) atoms. The predicted octanol–water partition coefficient (Wildman–Crippen LogP) is 3.03. The number of nitrogens with two attached hydrogens (primary N) is 2. The Balaban J connectivity index is 0.000000162. The largest absolute Gasteiger partial charge is 0.469 e. The lowest BCUT2D eigenvalue weighted by atomic mass is 10.2. The van der Waals surface area contributed by atoms with Crippen molar-refractivity contribution in [3.05, 3.63) is 59.5 Å². The summed E-state index contributed by atoms with van der Waals surface area (Å²) in [5.41, 5.74) is 13.6. The first-order valence-electron chi connectivity index (χ1n) is 15.6. The zero-order valence-electron chi connectivity index (χ0n) is 26.4. The van der Waals surface area contributed by atoms with Gasteiger partial charge < -0.3 is 45.1 Å². The van der Waals surface area contributed by atoms with Gasteiger partial charge in [-0.25, -0.2) is 19.5 Å². The second kappa shape index (κ2) is 14.1. The molecule has 0 bridgehead atoms. The maximum Gasteiger partial charge on any atom is 0.469 e. The zero-order chi connectivity index (χ0) is 35.0. The van der Waals surface area contributed by atoms with E-state index < -0.39 is 25.7 Å². The summed E-state index contributed by atoms with van der Waals surface area (Å²) in [6.45, 7) is -0.132. The minimum absolute atomic E-state index is 0.0290. The molecule has 2 aliphatic rings. The van der Waals surface area contributed by atoms with E-state index in [1.54, 1.807) is 15.9 Å². The molecule has 2 fully saturated rings. The fourth-order valence-electron chi connectivity index (χ4n) is 6.18. The van der Waals surface area contributed by atoms with Gasteiger partial charge in [-0.15, -0.1) is 11.3 Å². The summed E-state index contributed by atoms with van der Waals surface area (Å²) in [5, 5.41) is 10.9. The molecule has 20 heteroatoms. The number of rotatable bonds is 9. The van der Waals surface area contributed by atoms with Gasteiger partial charge in [0, 0.05) is 21.3 Å². The Morgan fingerprint density at radius 1 is 1.00 bits per heavy atom. The fraction of sp³-hybridized carbons (Fsp3) is 0.367. The highest BCUT2D eigenvalue weighted by Gasteiger charge is 2.31. The fourth-order valence-corrected chi connectivity index (χ4v) is 7.61. The van der Waals surface area contributed by atoms with Crippen molar-refractivity contribution in [1.82, 2.24) is 34.1 Å². The molecule has 7 heterocycles. The van der Waals surface area contributed by atoms with Crippen molar-refractivity contribution in [3.8, 4) is 10.4 Å². The van der Waals surface area contributed by atoms with Crippen molar-refractivity contribution in [2.24, 2.45) is 0 Å². The van der Waals surface area contributed by atoms with Gasteiger partial charge in [0.25, 0.3) is 5.56 Å². The number of fused-ring (bicyclic) bond motifs is 3. The lowest BCUT2D eigenvalue weighted by molar-refractivity contribution is -0.0745. The van der Waals surface area contributed by atoms with Crippen LogP contribution >= 0.6 is 19.2 Å². The highest BCUT2D eigenvalue weighted by molar-refractivity contribution is 7.46. The lowest BCUT2D eigenvalue weighted by Crippen LogP contribution is -2.17. The van der Waals surface area contributed by atoms with Crippen LogP contribution in [0.25, 0.3) is 42.7 Å². The summed E-state index contributed by atoms with van der Waals surface area (Å²) < 4.78 is 36.8. The van der Waals surface area contributed by atoms with Crippen molar-refractivity contribution in [2.75, 3.05) is 31.5 Å². The van der Waals surface area contributed by atoms with Gasteiger partial charge in [0.15, 0.2) is 11.2 Å². The quantitative estimate of drug-likeness (QED) is 0.0924. The summed E-state index contributed by atoms with van der Waals surface area (Å²) in [6.07, 6.45) is 6.70. The van der Waals surface area contributed by atoms with Crippen LogP contribution in [0.5, 0.6) is 0 Å². The SMILES string of the molecule is Nc1nc2c(ncn2C2CCC(COP(=O)(O)O)O2)c(=O)[nH]1.Nc1ncnc2c1c(-c1cc3ccccc3s1)cn2C1CCC(COCO)O1. The van der Waals surface area contributed by atoms with Gasteiger partial charge in [-0.05, 0) is 43.2 Å². The van der Waals surface area contributed by atoms with Crippen LogP contribution in [0.4, 0.5) is 11.8 Å². The van der Waals surface area contributed by atoms with E-state index in [0.29, 0.717) is 30.9 Å². The normalized spacial score (nSPS) is 20.9. The third kappa shape index (κ3) is 7.13. The van der Waals surface area contributed by atoms with E-state index in [1.165, 1.54) is 22.7 Å². The number of hydrogen-bond acceptors (Lipinski definition) is 14. The molecule has 0 spiro atoms. The topological polar surface area (TPSA) is 261 Å². The number of H-pyrrole nitrogens is 1. The van der Waals surface area contributed by atoms with E-state index in [-0.39, 0.29) is 37.2 Å². The minimum Gasteiger partial charge on any atom is -0.383 e. The number of imidazole rings is 1. The number of phosphoric ester groups is 1. The summed E-state index contributed by atoms with van der Waals surface area (Å²) in [7, 11) is -4.52. The van der Waals surface area contributed by atoms with Gasteiger partial charge in [0.2, 0.25) is 5.95 Å². The Morgan fingerprint density at radius 3 is 2.48 bits per heavy atom. The molecule has 0 aliphatic carbocycles. The van der Waals surface area contributed by atoms with Crippen molar-refractivity contribution in [3.63, 3.8) is 0 Å². The van der Waals surface area contributed by atoms with Crippen LogP contribution in [0.2, 0.25) is 0 Å². The number of benzene rings is 1. The molecular formula is C30H34N9O9PS. The number of aromatic nitrogens is 7. The van der Waals surface area contributed by atoms with Crippen molar-refractivity contribution < 1.29 is 38.2 Å². The molecule has 18 nitrogen and oxygen atoms in total. The van der Waals surface area contributed by atoms with E-state index >= 15 is 0 Å². The third-order valence-electron chi connectivity index (χ3n) is 8.39. The Labute approximate surface area is 286 Å². The maximum absolute atomic E-state index is 11.7. The van der Waals surface area contributed by atoms with Crippen LogP contribution in [-0.2, 0) is 23.3 Å². The number of nitrogens with zero attached hydrogens (tertiary/aromatic N) is 6. The molecule has 4 unspecified atom stereocenters. The number of hydrogen-bond donors (Lipinski definition) is 6. The molecule has 5 aromatic heterocycles. The maximum atomic E-state index is 11.7. The second-order valence-electron chi connectivity index (χ2n) is 11.7. The molecule has 264 valence electrons. The second-order valence-corrected chi connectivity index (χ2v) is 14.0. The monoisotopic (exact) mass is 727 g/mol. The number of phosphoric acid groups is 1. The van der Waals surface area contributed by atoms with Gasteiger partial charge in [0.1, 0.15) is 37.0 Å². The summed E-state index contributed by atoms with van der Waals surface area (Å²) in [5.74, 6) is 0.438. The Kier molecular flexibility index (Phi) is 9.66. The number of nitrogens with one attached hydrogen (secondary N) is 1. The highest BCUT2D eigenvalue weighted by Crippen LogP contribution is 2.42. The van der Waals surface area contributed by atoms with E-state index in [4.69, 9.17) is 40.6 Å². The van der Waals surface area contributed by atoms with Crippen LogP contribution in [0, 0.1) is 0 Å². The van der Waals surface area contributed by atoms with Gasteiger partial charge in [-0.2, -0.15) is 4.98 Å². The van der Waals surface area contributed by atoms with Gasteiger partial charge in [-0.1, -0.05) is 18.2 Å². The van der Waals surface area contributed by atoms with E-state index in [0.717, 1.165) is 34.3 Å². The van der Waals surface area contributed by atoms with Crippen LogP contribution < -0.4 is 17.0 Å². The minimum atomic E-state index is -4.52. The molecular weight excluding hydrogens is 693 g/mol. The first kappa shape index (κ1) is 34.2. The van der Waals surface area contributed by atoms with Crippen LogP contribution in [0.15, 0.2) is 54.0 Å². The lowest BCUT2D eigenvalue weighted by Gasteiger charge is -2.15. The molecule has 2 aliphatic heterocycles. The number of aliphatic hydroxyl groups excluding tert-OH is 1. The molecule has 0 radical (unpaired) electrons. The van der Waals surface area contributed by atoms with E-state index in [9.17, 15) is 9.36 Å². The van der Waals surface area contributed by atoms with E-state index in [2.05, 4.69) is 53.8 Å². The Hall–Kier alpha value is -4.30. The van der Waals surface area contributed by atoms with Crippen molar-refractivity contribution in [1.29, 1.82) is 0 Å². The molecule has 2 saturated heterocycles. The molecule has 8 rings (SSSR count). The molecule has 0 saturated carbocycles. The highest BCUT2D eigenvalue weighted by atomic mass is 32.1. The van der Waals surface area contributed by atoms with Crippen LogP contribution in [-0.4, -0.2) is 81.2 Å². The predicted molar refractivity (Wildman–Crippen MR) is 183 cm³/mol. The van der Waals surface area contributed by atoms with Crippen molar-refractivity contribution in [2.45, 2.75) is 50.3 Å². The van der Waals surface area contributed by atoms with Gasteiger partial charge in [-0.3, -0.25) is 18.9 Å². The average Bonchev–Trinajstić information content (AvgIpc) is 3.91.